The normalized spacial score (nSPS) is 10.6. The monoisotopic (exact) mass is 431 g/mol. The molecule has 0 aliphatic rings. The number of methoxy groups -OCH3 is 1. The van der Waals surface area contributed by atoms with E-state index in [2.05, 4.69) is 20.9 Å². The Balaban J connectivity index is 1.68. The number of nitrogens with zero attached hydrogens (tertiary/aromatic N) is 3. The minimum atomic E-state index is -0.546. The van der Waals surface area contributed by atoms with Gasteiger partial charge in [-0.3, -0.25) is 9.59 Å². The van der Waals surface area contributed by atoms with Crippen LogP contribution in [-0.4, -0.2) is 33.9 Å². The Kier molecular flexibility index (Phi) is 6.31. The standard InChI is InChI=1S/C20H19ClFN5O3/c1-11-4-5-13(22)8-16(11)24-20(29)19-12(2)27(26-25-19)10-18(28)23-14-6-7-17(30-3)15(21)9-14/h4-9H,10H2,1-3H3,(H,23,28)(H,24,29). The molecule has 2 amide bonds. The lowest BCUT2D eigenvalue weighted by molar-refractivity contribution is -0.117. The molecule has 0 aliphatic carbocycles. The van der Waals surface area contributed by atoms with Crippen LogP contribution in [-0.2, 0) is 11.3 Å². The van der Waals surface area contributed by atoms with Crippen LogP contribution in [0.25, 0.3) is 0 Å². The fourth-order valence-electron chi connectivity index (χ4n) is 2.71. The number of nitrogens with one attached hydrogen (secondary N) is 2. The maximum atomic E-state index is 13.4. The van der Waals surface area contributed by atoms with Gasteiger partial charge in [0.15, 0.2) is 5.69 Å². The van der Waals surface area contributed by atoms with E-state index in [1.54, 1.807) is 38.1 Å². The maximum absolute atomic E-state index is 13.4. The summed E-state index contributed by atoms with van der Waals surface area (Å²) >= 11 is 6.05. The Hall–Kier alpha value is -3.46. The third-order valence-electron chi connectivity index (χ3n) is 4.37. The van der Waals surface area contributed by atoms with Crippen LogP contribution in [0.4, 0.5) is 15.8 Å². The number of hydrogen-bond donors (Lipinski definition) is 2. The average Bonchev–Trinajstić information content (AvgIpc) is 3.05. The van der Waals surface area contributed by atoms with Crippen molar-refractivity contribution in [2.45, 2.75) is 20.4 Å². The molecule has 1 aromatic heterocycles. The first-order chi connectivity index (χ1) is 14.3. The molecule has 3 aromatic rings. The van der Waals surface area contributed by atoms with Crippen LogP contribution in [0.3, 0.4) is 0 Å². The van der Waals surface area contributed by atoms with Gasteiger partial charge in [0, 0.05) is 11.4 Å². The van der Waals surface area contributed by atoms with Crippen molar-refractivity contribution in [3.63, 3.8) is 0 Å². The molecule has 0 bridgehead atoms. The molecule has 10 heteroatoms. The van der Waals surface area contributed by atoms with Crippen LogP contribution in [0.5, 0.6) is 5.75 Å². The highest BCUT2D eigenvalue weighted by molar-refractivity contribution is 6.32. The Morgan fingerprint density at radius 1 is 1.17 bits per heavy atom. The number of carbonyl (C=O) groups excluding carboxylic acids is 2. The number of benzene rings is 2. The molecule has 30 heavy (non-hydrogen) atoms. The Morgan fingerprint density at radius 3 is 2.63 bits per heavy atom. The molecule has 2 N–H and O–H groups in total. The van der Waals surface area contributed by atoms with Crippen molar-refractivity contribution in [3.05, 3.63) is 64.2 Å². The third-order valence-corrected chi connectivity index (χ3v) is 4.67. The molecule has 0 atom stereocenters. The molecule has 3 rings (SSSR count). The van der Waals surface area contributed by atoms with Crippen molar-refractivity contribution in [3.8, 4) is 5.75 Å². The molecule has 0 aliphatic heterocycles. The molecule has 0 saturated carbocycles. The number of carbonyl (C=O) groups is 2. The predicted octanol–water partition coefficient (Wildman–Crippen LogP) is 3.59. The van der Waals surface area contributed by atoms with Gasteiger partial charge >= 0.3 is 0 Å². The summed E-state index contributed by atoms with van der Waals surface area (Å²) in [6.07, 6.45) is 0. The van der Waals surface area contributed by atoms with Gasteiger partial charge in [-0.05, 0) is 49.7 Å². The van der Waals surface area contributed by atoms with E-state index in [0.717, 1.165) is 0 Å². The summed E-state index contributed by atoms with van der Waals surface area (Å²) in [5, 5.41) is 13.4. The van der Waals surface area contributed by atoms with E-state index in [1.807, 2.05) is 0 Å². The van der Waals surface area contributed by atoms with Gasteiger partial charge in [0.2, 0.25) is 5.91 Å². The summed E-state index contributed by atoms with van der Waals surface area (Å²) in [5.74, 6) is -0.899. The fourth-order valence-corrected chi connectivity index (χ4v) is 2.97. The Bertz CT molecular complexity index is 1120. The number of rotatable bonds is 6. The van der Waals surface area contributed by atoms with Crippen molar-refractivity contribution < 1.29 is 18.7 Å². The molecule has 1 heterocycles. The topological polar surface area (TPSA) is 98.1 Å². The Labute approximate surface area is 177 Å². The SMILES string of the molecule is COc1ccc(NC(=O)Cn2nnc(C(=O)Nc3cc(F)ccc3C)c2C)cc1Cl. The first kappa shape index (κ1) is 21.3. The molecule has 0 fully saturated rings. The number of halogens is 2. The highest BCUT2D eigenvalue weighted by atomic mass is 35.5. The van der Waals surface area contributed by atoms with E-state index in [-0.39, 0.29) is 18.1 Å². The molecule has 0 spiro atoms. The minimum absolute atomic E-state index is 0.0407. The number of ether oxygens (including phenoxy) is 1. The second kappa shape index (κ2) is 8.91. The first-order valence-corrected chi connectivity index (χ1v) is 9.27. The van der Waals surface area contributed by atoms with Crippen LogP contribution >= 0.6 is 11.6 Å². The van der Waals surface area contributed by atoms with E-state index in [0.29, 0.717) is 33.4 Å². The number of aromatic nitrogens is 3. The van der Waals surface area contributed by atoms with Crippen molar-refractivity contribution >= 4 is 34.8 Å². The van der Waals surface area contributed by atoms with E-state index in [4.69, 9.17) is 16.3 Å². The van der Waals surface area contributed by atoms with Gasteiger partial charge in [-0.2, -0.15) is 0 Å². The first-order valence-electron chi connectivity index (χ1n) is 8.89. The van der Waals surface area contributed by atoms with Gasteiger partial charge in [-0.1, -0.05) is 22.9 Å². The molecule has 0 radical (unpaired) electrons. The zero-order valence-electron chi connectivity index (χ0n) is 16.5. The quantitative estimate of drug-likeness (QED) is 0.621. The van der Waals surface area contributed by atoms with E-state index < -0.39 is 11.7 Å². The smallest absolute Gasteiger partial charge is 0.278 e. The summed E-state index contributed by atoms with van der Waals surface area (Å²) in [4.78, 5) is 24.8. The number of anilines is 2. The zero-order chi connectivity index (χ0) is 21.8. The Morgan fingerprint density at radius 2 is 1.93 bits per heavy atom. The lowest BCUT2D eigenvalue weighted by Crippen LogP contribution is -2.21. The van der Waals surface area contributed by atoms with Gasteiger partial charge in [0.25, 0.3) is 5.91 Å². The largest absolute Gasteiger partial charge is 0.495 e. The van der Waals surface area contributed by atoms with E-state index in [9.17, 15) is 14.0 Å². The molecular weight excluding hydrogens is 413 g/mol. The lowest BCUT2D eigenvalue weighted by Gasteiger charge is -2.09. The van der Waals surface area contributed by atoms with Crippen molar-refractivity contribution in [2.75, 3.05) is 17.7 Å². The second-order valence-corrected chi connectivity index (χ2v) is 6.90. The van der Waals surface area contributed by atoms with Crippen molar-refractivity contribution in [1.29, 1.82) is 0 Å². The molecular formula is C20H19ClFN5O3. The van der Waals surface area contributed by atoms with Crippen molar-refractivity contribution in [2.24, 2.45) is 0 Å². The van der Waals surface area contributed by atoms with Crippen LogP contribution in [0, 0.1) is 19.7 Å². The van der Waals surface area contributed by atoms with E-state index in [1.165, 1.54) is 23.9 Å². The number of amides is 2. The van der Waals surface area contributed by atoms with Gasteiger partial charge in [0.1, 0.15) is 18.1 Å². The maximum Gasteiger partial charge on any atom is 0.278 e. The highest BCUT2D eigenvalue weighted by Crippen LogP contribution is 2.27. The van der Waals surface area contributed by atoms with Crippen molar-refractivity contribution in [1.82, 2.24) is 15.0 Å². The fraction of sp³-hybridized carbons (Fsp3) is 0.200. The molecule has 156 valence electrons. The molecule has 2 aromatic carbocycles. The van der Waals surface area contributed by atoms with Crippen LogP contribution in [0.2, 0.25) is 5.02 Å². The van der Waals surface area contributed by atoms with Gasteiger partial charge in [-0.15, -0.1) is 5.10 Å². The summed E-state index contributed by atoms with van der Waals surface area (Å²) in [7, 11) is 1.50. The van der Waals surface area contributed by atoms with Crippen LogP contribution < -0.4 is 15.4 Å². The lowest BCUT2D eigenvalue weighted by atomic mass is 10.2. The predicted molar refractivity (Wildman–Crippen MR) is 110 cm³/mol. The summed E-state index contributed by atoms with van der Waals surface area (Å²) in [6.45, 7) is 3.20. The highest BCUT2D eigenvalue weighted by Gasteiger charge is 2.19. The third kappa shape index (κ3) is 4.74. The number of hydrogen-bond acceptors (Lipinski definition) is 5. The molecule has 0 unspecified atom stereocenters. The van der Waals surface area contributed by atoms with Gasteiger partial charge in [0.05, 0.1) is 17.8 Å². The van der Waals surface area contributed by atoms with Gasteiger partial charge in [-0.25, -0.2) is 9.07 Å². The molecule has 0 saturated heterocycles. The average molecular weight is 432 g/mol. The second-order valence-electron chi connectivity index (χ2n) is 6.49. The minimum Gasteiger partial charge on any atom is -0.495 e. The zero-order valence-corrected chi connectivity index (χ0v) is 17.2. The van der Waals surface area contributed by atoms with Crippen LogP contribution in [0.1, 0.15) is 21.7 Å². The molecule has 8 nitrogen and oxygen atoms in total. The van der Waals surface area contributed by atoms with E-state index >= 15 is 0 Å². The van der Waals surface area contributed by atoms with Crippen LogP contribution in [0.15, 0.2) is 36.4 Å². The summed E-state index contributed by atoms with van der Waals surface area (Å²) < 4.78 is 19.8. The summed E-state index contributed by atoms with van der Waals surface area (Å²) in [5.41, 5.74) is 1.96. The summed E-state index contributed by atoms with van der Waals surface area (Å²) in [6, 6.07) is 8.94. The number of aryl methyl sites for hydroxylation is 1. The van der Waals surface area contributed by atoms with Gasteiger partial charge < -0.3 is 15.4 Å².